The maximum atomic E-state index is 13.0. The average Bonchev–Trinajstić information content (AvgIpc) is 2.42. The molecule has 1 aromatic carbocycles. The normalized spacial score (nSPS) is 12.4. The van der Waals surface area contributed by atoms with Crippen LogP contribution in [0.1, 0.15) is 11.1 Å². The number of hydrogen-bond acceptors (Lipinski definition) is 2. The van der Waals surface area contributed by atoms with Gasteiger partial charge in [-0.3, -0.25) is 4.99 Å². The molecular weight excluding hydrogens is 306 g/mol. The van der Waals surface area contributed by atoms with Gasteiger partial charge in [0.25, 0.3) is 0 Å². The van der Waals surface area contributed by atoms with Gasteiger partial charge in [0.15, 0.2) is 5.96 Å². The second-order valence-corrected chi connectivity index (χ2v) is 5.13. The molecular formula is C13H17F4N3S. The Bertz CT molecular complexity index is 489. The predicted molar refractivity (Wildman–Crippen MR) is 78.0 cm³/mol. The summed E-state index contributed by atoms with van der Waals surface area (Å²) in [5.41, 5.74) is -1.01. The molecule has 0 spiro atoms. The number of thioether (sulfide) groups is 1. The molecule has 118 valence electrons. The van der Waals surface area contributed by atoms with Crippen molar-refractivity contribution in [2.24, 2.45) is 4.99 Å². The highest BCUT2D eigenvalue weighted by atomic mass is 32.2. The monoisotopic (exact) mass is 323 g/mol. The van der Waals surface area contributed by atoms with Crippen LogP contribution in [0.15, 0.2) is 23.2 Å². The van der Waals surface area contributed by atoms with E-state index >= 15 is 0 Å². The van der Waals surface area contributed by atoms with Gasteiger partial charge in [-0.15, -0.1) is 0 Å². The zero-order valence-corrected chi connectivity index (χ0v) is 12.5. The fourth-order valence-corrected chi connectivity index (χ4v) is 1.94. The van der Waals surface area contributed by atoms with Crippen molar-refractivity contribution in [3.05, 3.63) is 35.1 Å². The second-order valence-electron chi connectivity index (χ2n) is 4.14. The maximum absolute atomic E-state index is 13.0. The van der Waals surface area contributed by atoms with Crippen molar-refractivity contribution >= 4 is 17.7 Å². The lowest BCUT2D eigenvalue weighted by molar-refractivity contribution is -0.138. The summed E-state index contributed by atoms with van der Waals surface area (Å²) < 4.78 is 51.5. The van der Waals surface area contributed by atoms with E-state index in [1.54, 1.807) is 11.8 Å². The third kappa shape index (κ3) is 5.82. The molecule has 1 rings (SSSR count). The van der Waals surface area contributed by atoms with Crippen molar-refractivity contribution in [1.82, 2.24) is 10.6 Å². The Morgan fingerprint density at radius 3 is 2.57 bits per heavy atom. The van der Waals surface area contributed by atoms with Crippen LogP contribution < -0.4 is 10.6 Å². The van der Waals surface area contributed by atoms with Crippen molar-refractivity contribution in [3.8, 4) is 0 Å². The molecule has 3 nitrogen and oxygen atoms in total. The number of nitrogens with one attached hydrogen (secondary N) is 2. The van der Waals surface area contributed by atoms with Gasteiger partial charge in [-0.25, -0.2) is 4.39 Å². The molecule has 0 radical (unpaired) electrons. The van der Waals surface area contributed by atoms with Gasteiger partial charge in [-0.05, 0) is 24.0 Å². The second kappa shape index (κ2) is 8.11. The summed E-state index contributed by atoms with van der Waals surface area (Å²) in [5.74, 6) is 0.348. The quantitative estimate of drug-likeness (QED) is 0.379. The van der Waals surface area contributed by atoms with Crippen LogP contribution in [0.25, 0.3) is 0 Å². The molecule has 8 heteroatoms. The molecule has 2 N–H and O–H groups in total. The third-order valence-electron chi connectivity index (χ3n) is 2.65. The summed E-state index contributed by atoms with van der Waals surface area (Å²) in [6, 6.07) is 2.64. The molecule has 0 aliphatic carbocycles. The van der Waals surface area contributed by atoms with Crippen LogP contribution in [0.4, 0.5) is 17.6 Å². The largest absolute Gasteiger partial charge is 0.416 e. The lowest BCUT2D eigenvalue weighted by Gasteiger charge is -2.15. The Kier molecular flexibility index (Phi) is 6.80. The van der Waals surface area contributed by atoms with E-state index in [0.717, 1.165) is 17.9 Å². The number of alkyl halides is 3. The summed E-state index contributed by atoms with van der Waals surface area (Å²) >= 11 is 1.64. The van der Waals surface area contributed by atoms with Gasteiger partial charge in [0.05, 0.1) is 5.56 Å². The first-order chi connectivity index (χ1) is 9.88. The first kappa shape index (κ1) is 17.6. The zero-order valence-electron chi connectivity index (χ0n) is 11.7. The lowest BCUT2D eigenvalue weighted by Crippen LogP contribution is -2.38. The highest BCUT2D eigenvalue weighted by Crippen LogP contribution is 2.32. The van der Waals surface area contributed by atoms with E-state index in [-0.39, 0.29) is 12.1 Å². The molecule has 0 saturated heterocycles. The smallest absolute Gasteiger partial charge is 0.356 e. The van der Waals surface area contributed by atoms with Crippen LogP contribution >= 0.6 is 11.8 Å². The van der Waals surface area contributed by atoms with Crippen molar-refractivity contribution < 1.29 is 17.6 Å². The lowest BCUT2D eigenvalue weighted by atomic mass is 10.1. The molecule has 0 bridgehead atoms. The molecule has 0 heterocycles. The highest BCUT2D eigenvalue weighted by molar-refractivity contribution is 7.98. The highest BCUT2D eigenvalue weighted by Gasteiger charge is 2.33. The Morgan fingerprint density at radius 2 is 2.00 bits per heavy atom. The molecule has 0 atom stereocenters. The third-order valence-corrected chi connectivity index (χ3v) is 3.26. The predicted octanol–water partition coefficient (Wildman–Crippen LogP) is 2.87. The fraction of sp³-hybridized carbons (Fsp3) is 0.462. The van der Waals surface area contributed by atoms with Gasteiger partial charge in [0.1, 0.15) is 5.82 Å². The molecule has 0 unspecified atom stereocenters. The summed E-state index contributed by atoms with van der Waals surface area (Å²) in [4.78, 5) is 3.91. The molecule has 0 aliphatic rings. The number of halogens is 4. The average molecular weight is 323 g/mol. The molecule has 0 aromatic heterocycles. The number of hydrogen-bond donors (Lipinski definition) is 2. The van der Waals surface area contributed by atoms with Crippen LogP contribution in [0.5, 0.6) is 0 Å². The van der Waals surface area contributed by atoms with E-state index in [4.69, 9.17) is 0 Å². The minimum atomic E-state index is -4.59. The maximum Gasteiger partial charge on any atom is 0.416 e. The van der Waals surface area contributed by atoms with Gasteiger partial charge in [0.2, 0.25) is 0 Å². The topological polar surface area (TPSA) is 36.4 Å². The van der Waals surface area contributed by atoms with Gasteiger partial charge < -0.3 is 10.6 Å². The Balaban J connectivity index is 2.74. The summed E-state index contributed by atoms with van der Waals surface area (Å²) in [6.45, 7) is 0.560. The van der Waals surface area contributed by atoms with Crippen LogP contribution in [-0.4, -0.2) is 31.6 Å². The summed E-state index contributed by atoms with van der Waals surface area (Å²) in [5, 5.41) is 5.76. The van der Waals surface area contributed by atoms with Crippen LogP contribution in [0, 0.1) is 5.82 Å². The Hall–Kier alpha value is -1.44. The molecule has 0 aliphatic heterocycles. The van der Waals surface area contributed by atoms with Gasteiger partial charge in [-0.1, -0.05) is 6.07 Å². The van der Waals surface area contributed by atoms with Crippen molar-refractivity contribution in [3.63, 3.8) is 0 Å². The molecule has 21 heavy (non-hydrogen) atoms. The fourth-order valence-electron chi connectivity index (χ4n) is 1.64. The van der Waals surface area contributed by atoms with Gasteiger partial charge >= 0.3 is 6.18 Å². The Labute approximate surface area is 125 Å². The number of guanidine groups is 1. The van der Waals surface area contributed by atoms with E-state index in [1.165, 1.54) is 7.05 Å². The number of aliphatic imine (C=N–C) groups is 1. The number of rotatable bonds is 5. The zero-order chi connectivity index (χ0) is 15.9. The van der Waals surface area contributed by atoms with E-state index in [0.29, 0.717) is 18.6 Å². The van der Waals surface area contributed by atoms with Gasteiger partial charge in [0, 0.05) is 25.9 Å². The first-order valence-corrected chi connectivity index (χ1v) is 7.57. The van der Waals surface area contributed by atoms with Crippen molar-refractivity contribution in [2.75, 3.05) is 25.6 Å². The molecule has 0 amide bonds. The van der Waals surface area contributed by atoms with Crippen molar-refractivity contribution in [2.45, 2.75) is 12.7 Å². The standard InChI is InChI=1S/C13H17F4N3S/c1-18-12(19-5-6-21-2)20-8-9-3-4-10(14)7-11(9)13(15,16)17/h3-4,7H,5-6,8H2,1-2H3,(H2,18,19,20). The van der Waals surface area contributed by atoms with Crippen molar-refractivity contribution in [1.29, 1.82) is 0 Å². The van der Waals surface area contributed by atoms with Gasteiger partial charge in [-0.2, -0.15) is 24.9 Å². The summed E-state index contributed by atoms with van der Waals surface area (Å²) in [6.07, 6.45) is -2.64. The van der Waals surface area contributed by atoms with Crippen LogP contribution in [-0.2, 0) is 12.7 Å². The molecule has 0 fully saturated rings. The van der Waals surface area contributed by atoms with E-state index < -0.39 is 17.6 Å². The number of nitrogens with zero attached hydrogens (tertiary/aromatic N) is 1. The Morgan fingerprint density at radius 1 is 1.29 bits per heavy atom. The van der Waals surface area contributed by atoms with E-state index in [2.05, 4.69) is 15.6 Å². The van der Waals surface area contributed by atoms with E-state index in [1.807, 2.05) is 6.26 Å². The minimum absolute atomic E-state index is 0.0308. The molecule has 0 saturated carbocycles. The van der Waals surface area contributed by atoms with Crippen LogP contribution in [0.3, 0.4) is 0 Å². The first-order valence-electron chi connectivity index (χ1n) is 6.17. The van der Waals surface area contributed by atoms with Crippen LogP contribution in [0.2, 0.25) is 0 Å². The minimum Gasteiger partial charge on any atom is -0.356 e. The molecule has 1 aromatic rings. The number of benzene rings is 1. The summed E-state index contributed by atoms with van der Waals surface area (Å²) in [7, 11) is 1.53. The SMILES string of the molecule is CN=C(NCCSC)NCc1ccc(F)cc1C(F)(F)F. The van der Waals surface area contributed by atoms with E-state index in [9.17, 15) is 17.6 Å².